The standard InChI is InChI=1S/C7H8O3S.C6H8O7/c1-6-2-4-7(5-3-6)11(8,9)10;7-3(8)1-6(13,5(11)12)2-4(9)10/h2-5H,1H3,(H,8,9,10);13H,1-2H2,(H,7,8)(H,9,10)(H,11,12). The molecule has 0 spiro atoms. The fourth-order valence-corrected chi connectivity index (χ4v) is 1.90. The van der Waals surface area contributed by atoms with Gasteiger partial charge in [-0.1, -0.05) is 17.7 Å². The van der Waals surface area contributed by atoms with Crippen LogP contribution < -0.4 is 0 Å². The highest BCUT2D eigenvalue weighted by atomic mass is 32.2. The summed E-state index contributed by atoms with van der Waals surface area (Å²) >= 11 is 0. The van der Waals surface area contributed by atoms with E-state index in [4.69, 9.17) is 25.0 Å². The van der Waals surface area contributed by atoms with Gasteiger partial charge in [0.1, 0.15) is 0 Å². The monoisotopic (exact) mass is 364 g/mol. The lowest BCUT2D eigenvalue weighted by molar-refractivity contribution is -0.170. The molecule has 1 rings (SSSR count). The molecule has 1 aromatic carbocycles. The van der Waals surface area contributed by atoms with Gasteiger partial charge >= 0.3 is 17.9 Å². The Morgan fingerprint density at radius 1 is 0.958 bits per heavy atom. The van der Waals surface area contributed by atoms with Gasteiger partial charge in [0.05, 0.1) is 17.7 Å². The third-order valence-electron chi connectivity index (χ3n) is 2.60. The summed E-state index contributed by atoms with van der Waals surface area (Å²) in [4.78, 5) is 30.4. The fourth-order valence-electron chi connectivity index (χ4n) is 1.42. The van der Waals surface area contributed by atoms with E-state index in [9.17, 15) is 22.8 Å². The van der Waals surface area contributed by atoms with Crippen LogP contribution in [0, 0.1) is 6.92 Å². The van der Waals surface area contributed by atoms with E-state index in [-0.39, 0.29) is 4.90 Å². The van der Waals surface area contributed by atoms with Gasteiger partial charge in [-0.25, -0.2) is 4.79 Å². The van der Waals surface area contributed by atoms with E-state index in [1.165, 1.54) is 12.1 Å². The molecular weight excluding hydrogens is 348 g/mol. The van der Waals surface area contributed by atoms with Crippen LogP contribution in [0.2, 0.25) is 0 Å². The molecule has 0 aliphatic rings. The van der Waals surface area contributed by atoms with Gasteiger partial charge in [-0.3, -0.25) is 14.1 Å². The highest BCUT2D eigenvalue weighted by Crippen LogP contribution is 2.15. The molecule has 0 heterocycles. The van der Waals surface area contributed by atoms with Crippen LogP contribution in [0.15, 0.2) is 29.2 Å². The number of aliphatic hydroxyl groups is 1. The quantitative estimate of drug-likeness (QED) is 0.430. The van der Waals surface area contributed by atoms with Crippen LogP contribution in [-0.4, -0.2) is 56.9 Å². The first kappa shape index (κ1) is 21.5. The Morgan fingerprint density at radius 2 is 1.33 bits per heavy atom. The van der Waals surface area contributed by atoms with Crippen molar-refractivity contribution in [2.24, 2.45) is 0 Å². The van der Waals surface area contributed by atoms with Gasteiger partial charge in [0.2, 0.25) is 0 Å². The first-order valence-corrected chi connectivity index (χ1v) is 7.65. The number of hydrogen-bond acceptors (Lipinski definition) is 6. The van der Waals surface area contributed by atoms with E-state index in [0.29, 0.717) is 0 Å². The van der Waals surface area contributed by atoms with E-state index in [1.54, 1.807) is 12.1 Å². The van der Waals surface area contributed by atoms with E-state index < -0.39 is 46.5 Å². The molecule has 0 aliphatic carbocycles. The summed E-state index contributed by atoms with van der Waals surface area (Å²) in [5, 5.41) is 33.8. The minimum Gasteiger partial charge on any atom is -0.481 e. The average molecular weight is 364 g/mol. The number of carbonyl (C=O) groups is 3. The van der Waals surface area contributed by atoms with Crippen LogP contribution in [0.4, 0.5) is 0 Å². The Bertz CT molecular complexity index is 689. The van der Waals surface area contributed by atoms with Crippen LogP contribution >= 0.6 is 0 Å². The summed E-state index contributed by atoms with van der Waals surface area (Å²) in [5.41, 5.74) is -1.78. The molecule has 0 amide bonds. The zero-order chi connectivity index (χ0) is 19.1. The van der Waals surface area contributed by atoms with Crippen LogP contribution in [0.25, 0.3) is 0 Å². The maximum atomic E-state index is 10.5. The first-order chi connectivity index (χ1) is 10.8. The average Bonchev–Trinajstić information content (AvgIpc) is 2.36. The Morgan fingerprint density at radius 3 is 1.58 bits per heavy atom. The highest BCUT2D eigenvalue weighted by Gasteiger charge is 2.40. The number of carboxylic acid groups (broad SMARTS) is 3. The smallest absolute Gasteiger partial charge is 0.336 e. The largest absolute Gasteiger partial charge is 0.481 e. The van der Waals surface area contributed by atoms with Crippen molar-refractivity contribution >= 4 is 28.0 Å². The molecule has 0 aromatic heterocycles. The number of benzene rings is 1. The highest BCUT2D eigenvalue weighted by molar-refractivity contribution is 7.85. The van der Waals surface area contributed by atoms with Gasteiger partial charge < -0.3 is 20.4 Å². The van der Waals surface area contributed by atoms with Crippen molar-refractivity contribution in [1.29, 1.82) is 0 Å². The third kappa shape index (κ3) is 7.67. The topological polar surface area (TPSA) is 186 Å². The molecule has 1 aromatic rings. The molecule has 0 aliphatic heterocycles. The maximum Gasteiger partial charge on any atom is 0.336 e. The molecule has 0 unspecified atom stereocenters. The lowest BCUT2D eigenvalue weighted by atomic mass is 9.96. The third-order valence-corrected chi connectivity index (χ3v) is 3.47. The maximum absolute atomic E-state index is 10.5. The molecule has 0 fully saturated rings. The molecule has 5 N–H and O–H groups in total. The van der Waals surface area contributed by atoms with Crippen LogP contribution in [-0.2, 0) is 24.5 Å². The Balaban J connectivity index is 0.000000446. The van der Waals surface area contributed by atoms with Gasteiger partial charge in [-0.05, 0) is 19.1 Å². The minimum absolute atomic E-state index is 0.0666. The Hall–Kier alpha value is -2.50. The van der Waals surface area contributed by atoms with Crippen molar-refractivity contribution in [1.82, 2.24) is 0 Å². The van der Waals surface area contributed by atoms with Crippen molar-refractivity contribution in [2.75, 3.05) is 0 Å². The number of aryl methyl sites for hydroxylation is 1. The summed E-state index contributed by atoms with van der Waals surface area (Å²) in [6.45, 7) is 1.84. The predicted octanol–water partition coefficient (Wildman–Crippen LogP) is -0.00678. The number of hydrogen-bond donors (Lipinski definition) is 5. The van der Waals surface area contributed by atoms with Crippen LogP contribution in [0.3, 0.4) is 0 Å². The van der Waals surface area contributed by atoms with E-state index in [1.807, 2.05) is 6.92 Å². The summed E-state index contributed by atoms with van der Waals surface area (Å²) in [6.07, 6.45) is -2.29. The first-order valence-electron chi connectivity index (χ1n) is 6.21. The molecule has 24 heavy (non-hydrogen) atoms. The van der Waals surface area contributed by atoms with Gasteiger partial charge in [-0.2, -0.15) is 8.42 Å². The van der Waals surface area contributed by atoms with Crippen molar-refractivity contribution in [3.8, 4) is 0 Å². The van der Waals surface area contributed by atoms with Gasteiger partial charge in [-0.15, -0.1) is 0 Å². The van der Waals surface area contributed by atoms with Crippen molar-refractivity contribution in [3.63, 3.8) is 0 Å². The minimum atomic E-state index is -4.02. The predicted molar refractivity (Wildman–Crippen MR) is 78.1 cm³/mol. The number of carboxylic acids is 3. The lowest BCUT2D eigenvalue weighted by Gasteiger charge is -2.18. The molecular formula is C13H16O10S. The molecule has 0 radical (unpaired) electrons. The van der Waals surface area contributed by atoms with Gasteiger partial charge in [0, 0.05) is 0 Å². The summed E-state index contributed by atoms with van der Waals surface area (Å²) < 4.78 is 29.6. The summed E-state index contributed by atoms with van der Waals surface area (Å²) in [6, 6.07) is 5.99. The molecule has 10 nitrogen and oxygen atoms in total. The SMILES string of the molecule is Cc1ccc(S(=O)(=O)O)cc1.O=C(O)CC(O)(CC(=O)O)C(=O)O. The second-order valence-electron chi connectivity index (χ2n) is 4.77. The van der Waals surface area contributed by atoms with E-state index in [2.05, 4.69) is 0 Å². The van der Waals surface area contributed by atoms with Crippen molar-refractivity contribution in [3.05, 3.63) is 29.8 Å². The second kappa shape index (κ2) is 8.38. The number of rotatable bonds is 6. The lowest BCUT2D eigenvalue weighted by Crippen LogP contribution is -2.42. The van der Waals surface area contributed by atoms with Gasteiger partial charge in [0.15, 0.2) is 5.60 Å². The van der Waals surface area contributed by atoms with Crippen LogP contribution in [0.1, 0.15) is 18.4 Å². The zero-order valence-electron chi connectivity index (χ0n) is 12.4. The van der Waals surface area contributed by atoms with Crippen molar-refractivity contribution < 1.29 is 47.8 Å². The van der Waals surface area contributed by atoms with Gasteiger partial charge in [0.25, 0.3) is 10.1 Å². The molecule has 0 bridgehead atoms. The molecule has 134 valence electrons. The molecule has 11 heteroatoms. The molecule has 0 saturated heterocycles. The Labute approximate surface area is 136 Å². The van der Waals surface area contributed by atoms with Crippen LogP contribution in [0.5, 0.6) is 0 Å². The second-order valence-corrected chi connectivity index (χ2v) is 6.19. The van der Waals surface area contributed by atoms with E-state index >= 15 is 0 Å². The Kier molecular flexibility index (Phi) is 7.51. The van der Waals surface area contributed by atoms with E-state index in [0.717, 1.165) is 5.56 Å². The molecule has 0 saturated carbocycles. The fraction of sp³-hybridized carbons (Fsp3) is 0.308. The summed E-state index contributed by atoms with van der Waals surface area (Å²) in [7, 11) is -4.02. The summed E-state index contributed by atoms with van der Waals surface area (Å²) in [5.74, 6) is -5.02. The zero-order valence-corrected chi connectivity index (χ0v) is 13.2. The normalized spacial score (nSPS) is 11.1. The number of aliphatic carboxylic acids is 3. The molecule has 0 atom stereocenters. The van der Waals surface area contributed by atoms with Crippen molar-refractivity contribution in [2.45, 2.75) is 30.3 Å².